The van der Waals surface area contributed by atoms with Crippen LogP contribution < -0.4 is 5.32 Å². The lowest BCUT2D eigenvalue weighted by Crippen LogP contribution is -2.44. The molecule has 2 fully saturated rings. The first-order chi connectivity index (χ1) is 9.90. The van der Waals surface area contributed by atoms with Crippen molar-refractivity contribution in [2.45, 2.75) is 58.0 Å². The fourth-order valence-corrected chi connectivity index (χ4v) is 3.14. The van der Waals surface area contributed by atoms with Gasteiger partial charge in [0, 0.05) is 32.8 Å². The number of urea groups is 1. The number of rotatable bonds is 3. The van der Waals surface area contributed by atoms with Crippen molar-refractivity contribution in [3.8, 4) is 0 Å². The number of aliphatic hydroxyl groups is 1. The lowest BCUT2D eigenvalue weighted by molar-refractivity contribution is -0.0670. The Morgan fingerprint density at radius 3 is 2.62 bits per heavy atom. The van der Waals surface area contributed by atoms with Crippen LogP contribution in [0.5, 0.6) is 0 Å². The monoisotopic (exact) mass is 298 g/mol. The third-order valence-electron chi connectivity index (χ3n) is 4.92. The predicted octanol–water partition coefficient (Wildman–Crippen LogP) is 2.14. The summed E-state index contributed by atoms with van der Waals surface area (Å²) in [5.74, 6) is 0. The van der Waals surface area contributed by atoms with E-state index in [0.29, 0.717) is 44.4 Å². The zero-order valence-corrected chi connectivity index (χ0v) is 13.5. The second-order valence-corrected chi connectivity index (χ2v) is 7.32. The fraction of sp³-hybridized carbons (Fsp3) is 0.938. The van der Waals surface area contributed by atoms with Gasteiger partial charge in [0.15, 0.2) is 0 Å². The summed E-state index contributed by atoms with van der Waals surface area (Å²) in [6.07, 6.45) is 5.25. The molecule has 5 heteroatoms. The van der Waals surface area contributed by atoms with E-state index in [-0.39, 0.29) is 6.03 Å². The number of nitrogens with zero attached hydrogens (tertiary/aromatic N) is 1. The maximum Gasteiger partial charge on any atom is 0.317 e. The third kappa shape index (κ3) is 5.15. The molecule has 2 aliphatic heterocycles. The Kier molecular flexibility index (Phi) is 5.49. The Bertz CT molecular complexity index is 351. The van der Waals surface area contributed by atoms with Crippen molar-refractivity contribution in [2.24, 2.45) is 5.41 Å². The zero-order valence-electron chi connectivity index (χ0n) is 13.5. The van der Waals surface area contributed by atoms with E-state index in [9.17, 15) is 9.90 Å². The number of hydrogen-bond donors (Lipinski definition) is 2. The molecule has 0 aromatic carbocycles. The third-order valence-corrected chi connectivity index (χ3v) is 4.92. The van der Waals surface area contributed by atoms with Crippen LogP contribution in [0.4, 0.5) is 4.79 Å². The van der Waals surface area contributed by atoms with Crippen LogP contribution in [0, 0.1) is 5.41 Å². The quantitative estimate of drug-likeness (QED) is 0.839. The lowest BCUT2D eigenvalue weighted by atomic mass is 9.85. The summed E-state index contributed by atoms with van der Waals surface area (Å²) in [4.78, 5) is 14.1. The van der Waals surface area contributed by atoms with Crippen molar-refractivity contribution >= 4 is 6.03 Å². The number of likely N-dealkylation sites (tertiary alicyclic amines) is 1. The van der Waals surface area contributed by atoms with Crippen LogP contribution >= 0.6 is 0 Å². The van der Waals surface area contributed by atoms with E-state index in [0.717, 1.165) is 25.9 Å². The minimum atomic E-state index is -0.660. The normalized spacial score (nSPS) is 25.2. The summed E-state index contributed by atoms with van der Waals surface area (Å²) in [5.41, 5.74) is -0.321. The summed E-state index contributed by atoms with van der Waals surface area (Å²) < 4.78 is 5.27. The number of ether oxygens (including phenoxy) is 1. The predicted molar refractivity (Wildman–Crippen MR) is 82.2 cm³/mol. The minimum absolute atomic E-state index is 0.0170. The van der Waals surface area contributed by atoms with Gasteiger partial charge >= 0.3 is 6.03 Å². The second kappa shape index (κ2) is 6.97. The molecule has 0 aromatic rings. The van der Waals surface area contributed by atoms with Crippen LogP contribution in [0.2, 0.25) is 0 Å². The summed E-state index contributed by atoms with van der Waals surface area (Å²) in [7, 11) is 0. The molecule has 0 spiro atoms. The molecular weight excluding hydrogens is 268 g/mol. The highest BCUT2D eigenvalue weighted by Gasteiger charge is 2.30. The zero-order chi connectivity index (χ0) is 15.3. The van der Waals surface area contributed by atoms with Gasteiger partial charge in [-0.2, -0.15) is 0 Å². The molecule has 0 unspecified atom stereocenters. The van der Waals surface area contributed by atoms with Crippen molar-refractivity contribution in [2.75, 3.05) is 32.8 Å². The van der Waals surface area contributed by atoms with Crippen molar-refractivity contribution in [1.82, 2.24) is 10.2 Å². The van der Waals surface area contributed by atoms with Crippen molar-refractivity contribution in [3.63, 3.8) is 0 Å². The molecule has 0 aliphatic carbocycles. The lowest BCUT2D eigenvalue weighted by Gasteiger charge is -2.32. The molecule has 122 valence electrons. The molecule has 2 amide bonds. The van der Waals surface area contributed by atoms with Crippen molar-refractivity contribution in [3.05, 3.63) is 0 Å². The van der Waals surface area contributed by atoms with Crippen LogP contribution in [-0.4, -0.2) is 54.5 Å². The first kappa shape index (κ1) is 16.6. The Labute approximate surface area is 128 Å². The first-order valence-electron chi connectivity index (χ1n) is 8.23. The molecule has 21 heavy (non-hydrogen) atoms. The van der Waals surface area contributed by atoms with E-state index in [1.54, 1.807) is 0 Å². The van der Waals surface area contributed by atoms with Crippen LogP contribution in [-0.2, 0) is 4.74 Å². The summed E-state index contributed by atoms with van der Waals surface area (Å²) in [6, 6.07) is 0.0170. The van der Waals surface area contributed by atoms with Gasteiger partial charge in [-0.25, -0.2) is 4.79 Å². The van der Waals surface area contributed by atoms with E-state index in [2.05, 4.69) is 19.2 Å². The molecule has 0 saturated carbocycles. The van der Waals surface area contributed by atoms with E-state index in [1.807, 2.05) is 4.90 Å². The van der Waals surface area contributed by atoms with Gasteiger partial charge in [-0.15, -0.1) is 0 Å². The maximum atomic E-state index is 12.2. The van der Waals surface area contributed by atoms with E-state index in [1.165, 1.54) is 6.42 Å². The standard InChI is InChI=1S/C16H30N2O3/c1-15(2)4-3-10-18(11-6-15)14(19)17-9-5-16(20)7-12-21-13-8-16/h20H,3-13H2,1-2H3,(H,17,19). The highest BCUT2D eigenvalue weighted by molar-refractivity contribution is 5.74. The molecule has 0 aromatic heterocycles. The van der Waals surface area contributed by atoms with Gasteiger partial charge in [-0.3, -0.25) is 0 Å². The van der Waals surface area contributed by atoms with E-state index < -0.39 is 5.60 Å². The first-order valence-corrected chi connectivity index (χ1v) is 8.23. The number of nitrogens with one attached hydrogen (secondary N) is 1. The van der Waals surface area contributed by atoms with Gasteiger partial charge in [-0.1, -0.05) is 13.8 Å². The molecular formula is C16H30N2O3. The Morgan fingerprint density at radius 1 is 1.19 bits per heavy atom. The summed E-state index contributed by atoms with van der Waals surface area (Å²) in [6.45, 7) is 7.99. The smallest absolute Gasteiger partial charge is 0.317 e. The topological polar surface area (TPSA) is 61.8 Å². The van der Waals surface area contributed by atoms with Gasteiger partial charge in [0.25, 0.3) is 0 Å². The van der Waals surface area contributed by atoms with Gasteiger partial charge in [0.2, 0.25) is 0 Å². The summed E-state index contributed by atoms with van der Waals surface area (Å²) >= 11 is 0. The molecule has 2 rings (SSSR count). The average Bonchev–Trinajstić information content (AvgIpc) is 2.60. The molecule has 0 bridgehead atoms. The van der Waals surface area contributed by atoms with Gasteiger partial charge in [0.1, 0.15) is 0 Å². The van der Waals surface area contributed by atoms with Crippen LogP contribution in [0.3, 0.4) is 0 Å². The summed E-state index contributed by atoms with van der Waals surface area (Å²) in [5, 5.41) is 13.3. The fourth-order valence-electron chi connectivity index (χ4n) is 3.14. The minimum Gasteiger partial charge on any atom is -0.390 e. The molecule has 5 nitrogen and oxygen atoms in total. The highest BCUT2D eigenvalue weighted by atomic mass is 16.5. The Morgan fingerprint density at radius 2 is 1.90 bits per heavy atom. The largest absolute Gasteiger partial charge is 0.390 e. The van der Waals surface area contributed by atoms with Gasteiger partial charge < -0.3 is 20.1 Å². The molecule has 0 atom stereocenters. The highest BCUT2D eigenvalue weighted by Crippen LogP contribution is 2.29. The molecule has 2 heterocycles. The maximum absolute atomic E-state index is 12.2. The average molecular weight is 298 g/mol. The van der Waals surface area contributed by atoms with Gasteiger partial charge in [-0.05, 0) is 43.9 Å². The van der Waals surface area contributed by atoms with Crippen molar-refractivity contribution in [1.29, 1.82) is 0 Å². The number of amides is 2. The number of hydrogen-bond acceptors (Lipinski definition) is 3. The SMILES string of the molecule is CC1(C)CCCN(C(=O)NCCC2(O)CCOCC2)CC1. The Balaban J connectivity index is 1.71. The number of carbonyl (C=O) groups excluding carboxylic acids is 1. The van der Waals surface area contributed by atoms with E-state index in [4.69, 9.17) is 4.74 Å². The van der Waals surface area contributed by atoms with Crippen LogP contribution in [0.25, 0.3) is 0 Å². The second-order valence-electron chi connectivity index (χ2n) is 7.32. The molecule has 2 N–H and O–H groups in total. The molecule has 0 radical (unpaired) electrons. The molecule has 2 saturated heterocycles. The molecule has 2 aliphatic rings. The Hall–Kier alpha value is -0.810. The van der Waals surface area contributed by atoms with Crippen LogP contribution in [0.15, 0.2) is 0 Å². The van der Waals surface area contributed by atoms with Crippen LogP contribution in [0.1, 0.15) is 52.4 Å². The van der Waals surface area contributed by atoms with Crippen molar-refractivity contribution < 1.29 is 14.6 Å². The van der Waals surface area contributed by atoms with E-state index >= 15 is 0 Å². The number of carbonyl (C=O) groups is 1. The van der Waals surface area contributed by atoms with Gasteiger partial charge in [0.05, 0.1) is 5.60 Å².